The minimum atomic E-state index is -1.41. The van der Waals surface area contributed by atoms with E-state index in [2.05, 4.69) is 13.8 Å². The summed E-state index contributed by atoms with van der Waals surface area (Å²) in [6, 6.07) is 5.05. The zero-order valence-electron chi connectivity index (χ0n) is 19.6. The number of hydrogen-bond acceptors (Lipinski definition) is 6. The van der Waals surface area contributed by atoms with Gasteiger partial charge in [-0.3, -0.25) is 14.2 Å². The smallest absolute Gasteiger partial charge is 0.324 e. The van der Waals surface area contributed by atoms with Crippen LogP contribution in [-0.4, -0.2) is 37.7 Å². The lowest BCUT2D eigenvalue weighted by Gasteiger charge is -2.26. The predicted octanol–water partition coefficient (Wildman–Crippen LogP) is 6.26. The Labute approximate surface area is 188 Å². The summed E-state index contributed by atoms with van der Waals surface area (Å²) in [6.07, 6.45) is 5.58. The van der Waals surface area contributed by atoms with Crippen molar-refractivity contribution in [3.63, 3.8) is 0 Å². The van der Waals surface area contributed by atoms with Crippen LogP contribution in [0.5, 0.6) is 11.5 Å². The Morgan fingerprint density at radius 3 is 2.13 bits per heavy atom. The van der Waals surface area contributed by atoms with Gasteiger partial charge in [-0.25, -0.2) is 0 Å². The fourth-order valence-corrected chi connectivity index (χ4v) is 4.15. The van der Waals surface area contributed by atoms with E-state index < -0.39 is 19.6 Å². The largest absolute Gasteiger partial charge is 0.496 e. The van der Waals surface area contributed by atoms with Crippen LogP contribution in [-0.2, 0) is 14.1 Å². The van der Waals surface area contributed by atoms with E-state index in [9.17, 15) is 14.2 Å². The average molecular weight is 453 g/mol. The number of methoxy groups -OCH3 is 2. The van der Waals surface area contributed by atoms with Gasteiger partial charge in [-0.05, 0) is 30.9 Å². The van der Waals surface area contributed by atoms with Crippen LogP contribution in [0.15, 0.2) is 18.2 Å². The average Bonchev–Trinajstić information content (AvgIpc) is 2.80. The molecule has 0 aliphatic rings. The normalized spacial score (nSPS) is 14.0. The zero-order valence-corrected chi connectivity index (χ0v) is 20.5. The van der Waals surface area contributed by atoms with Crippen molar-refractivity contribution in [1.82, 2.24) is 0 Å². The van der Waals surface area contributed by atoms with Gasteiger partial charge in [-0.15, -0.1) is 0 Å². The summed E-state index contributed by atoms with van der Waals surface area (Å²) in [5.41, 5.74) is 0.249. The third-order valence-corrected chi connectivity index (χ3v) is 6.57. The first-order valence-electron chi connectivity index (χ1n) is 11.2. The van der Waals surface area contributed by atoms with Gasteiger partial charge in [0.15, 0.2) is 19.4 Å². The van der Waals surface area contributed by atoms with E-state index in [0.717, 1.165) is 32.1 Å². The number of esters is 1. The van der Waals surface area contributed by atoms with Gasteiger partial charge in [0.2, 0.25) is 0 Å². The molecule has 0 aliphatic carbocycles. The Hall–Kier alpha value is -1.94. The van der Waals surface area contributed by atoms with Crippen LogP contribution in [0.2, 0.25) is 0 Å². The quantitative estimate of drug-likeness (QED) is 0.167. The highest BCUT2D eigenvalue weighted by molar-refractivity contribution is 7.28. The molecule has 0 aliphatic heterocycles. The summed E-state index contributed by atoms with van der Waals surface area (Å²) in [5.74, 6) is 0.0465. The van der Waals surface area contributed by atoms with Crippen molar-refractivity contribution in [3.05, 3.63) is 23.8 Å². The minimum Gasteiger partial charge on any atom is -0.496 e. The van der Waals surface area contributed by atoms with Gasteiger partial charge in [0.25, 0.3) is 0 Å². The molecule has 0 heterocycles. The van der Waals surface area contributed by atoms with Crippen molar-refractivity contribution in [1.29, 1.82) is 0 Å². The molecule has 1 aromatic rings. The molecule has 0 saturated carbocycles. The van der Waals surface area contributed by atoms with E-state index in [4.69, 9.17) is 14.2 Å². The lowest BCUT2D eigenvalue weighted by molar-refractivity contribution is -0.148. The van der Waals surface area contributed by atoms with Crippen molar-refractivity contribution in [2.45, 2.75) is 77.3 Å². The van der Waals surface area contributed by atoms with Crippen LogP contribution in [0.1, 0.15) is 82.5 Å². The van der Waals surface area contributed by atoms with Gasteiger partial charge in [0, 0.05) is 6.42 Å². The van der Waals surface area contributed by atoms with E-state index in [1.165, 1.54) is 14.2 Å². The molecule has 6 nitrogen and oxygen atoms in total. The first kappa shape index (κ1) is 27.1. The topological polar surface area (TPSA) is 78.9 Å². The molecule has 0 amide bonds. The van der Waals surface area contributed by atoms with Crippen molar-refractivity contribution >= 4 is 20.2 Å². The monoisotopic (exact) mass is 452 g/mol. The number of ketones is 1. The number of Topliss-reactive ketones (excluding diaryl/α,β-unsaturated/α-hetero) is 1. The predicted molar refractivity (Wildman–Crippen MR) is 123 cm³/mol. The number of carbonyl (C=O) groups is 2. The van der Waals surface area contributed by atoms with Crippen LogP contribution < -0.4 is 9.47 Å². The highest BCUT2D eigenvalue weighted by Gasteiger charge is 2.44. The molecule has 1 rings (SSSR count). The maximum atomic E-state index is 13.3. The summed E-state index contributed by atoms with van der Waals surface area (Å²) in [5, 5.41) is -1.41. The van der Waals surface area contributed by atoms with E-state index in [1.807, 2.05) is 6.92 Å². The van der Waals surface area contributed by atoms with Crippen molar-refractivity contribution in [2.24, 2.45) is 5.92 Å². The molecule has 0 fully saturated rings. The van der Waals surface area contributed by atoms with Gasteiger partial charge < -0.3 is 14.2 Å². The van der Waals surface area contributed by atoms with E-state index in [1.54, 1.807) is 18.2 Å². The maximum Gasteiger partial charge on any atom is 0.324 e. The van der Waals surface area contributed by atoms with E-state index >= 15 is 0 Å². The Morgan fingerprint density at radius 2 is 1.65 bits per heavy atom. The number of carbonyl (C=O) groups excluding carboxylic acids is 2. The van der Waals surface area contributed by atoms with E-state index in [-0.39, 0.29) is 30.3 Å². The second-order valence-corrected chi connectivity index (χ2v) is 8.92. The molecule has 0 N–H and O–H groups in total. The molecule has 174 valence electrons. The van der Waals surface area contributed by atoms with Crippen molar-refractivity contribution in [2.75, 3.05) is 20.8 Å². The molecule has 0 bridgehead atoms. The summed E-state index contributed by atoms with van der Waals surface area (Å²) >= 11 is 0. The Balaban J connectivity index is 3.14. The molecule has 31 heavy (non-hydrogen) atoms. The van der Waals surface area contributed by atoms with E-state index in [0.29, 0.717) is 24.3 Å². The van der Waals surface area contributed by atoms with Gasteiger partial charge in [0.1, 0.15) is 17.1 Å². The molecule has 0 aromatic heterocycles. The molecular weight excluding hydrogens is 415 g/mol. The minimum absolute atomic E-state index is 0.237. The fraction of sp³-hybridized carbons (Fsp3) is 0.667. The highest BCUT2D eigenvalue weighted by Crippen LogP contribution is 2.39. The summed E-state index contributed by atoms with van der Waals surface area (Å²) in [6.45, 7) is 6.47. The molecule has 2 unspecified atom stereocenters. The second-order valence-electron chi connectivity index (χ2n) is 7.88. The van der Waals surface area contributed by atoms with Crippen LogP contribution in [0.3, 0.4) is 0 Å². The zero-order chi connectivity index (χ0) is 23.3. The Kier molecular flexibility index (Phi) is 12.4. The molecule has 0 saturated heterocycles. The van der Waals surface area contributed by atoms with Crippen molar-refractivity contribution in [3.8, 4) is 11.5 Å². The third kappa shape index (κ3) is 7.60. The van der Waals surface area contributed by atoms with Crippen molar-refractivity contribution < 1.29 is 28.4 Å². The molecular formula is C24H37O6P. The van der Waals surface area contributed by atoms with Gasteiger partial charge >= 0.3 is 5.97 Å². The Morgan fingerprint density at radius 1 is 1.03 bits per heavy atom. The number of rotatable bonds is 16. The molecule has 2 atom stereocenters. The van der Waals surface area contributed by atoms with Crippen LogP contribution in [0.4, 0.5) is 0 Å². The molecule has 7 heteroatoms. The second kappa shape index (κ2) is 14.2. The number of ether oxygens (including phenoxy) is 3. The van der Waals surface area contributed by atoms with Crippen LogP contribution in [0.25, 0.3) is 0 Å². The third-order valence-electron chi connectivity index (χ3n) is 5.65. The molecule has 0 radical (unpaired) electrons. The van der Waals surface area contributed by atoms with Gasteiger partial charge in [0.05, 0.1) is 20.8 Å². The molecule has 0 spiro atoms. The first-order chi connectivity index (χ1) is 14.9. The SMILES string of the molecule is CCCCC(CC)COC(=O)C(CCCC)(CC(=O)c1c(OC)cccc1OC)P=O. The standard InChI is InChI=1S/C24H37O6P/c1-6-9-12-18(8-3)17-30-23(26)24(31-27,15-10-7-2)16-19(25)22-20(28-4)13-11-14-21(22)29-5/h11,13-14,18H,6-10,12,15-17H2,1-5H3. The molecule has 1 aromatic carbocycles. The summed E-state index contributed by atoms with van der Waals surface area (Å²) in [7, 11) is 2.53. The fourth-order valence-electron chi connectivity index (χ4n) is 3.55. The van der Waals surface area contributed by atoms with Gasteiger partial charge in [-0.2, -0.15) is 0 Å². The maximum absolute atomic E-state index is 13.3. The Bertz CT molecular complexity index is 698. The first-order valence-corrected chi connectivity index (χ1v) is 12.0. The number of hydrogen-bond donors (Lipinski definition) is 0. The highest BCUT2D eigenvalue weighted by atomic mass is 31.1. The van der Waals surface area contributed by atoms with Crippen LogP contribution >= 0.6 is 8.46 Å². The van der Waals surface area contributed by atoms with Gasteiger partial charge in [-0.1, -0.05) is 58.9 Å². The lowest BCUT2D eigenvalue weighted by Crippen LogP contribution is -2.38. The van der Waals surface area contributed by atoms with Crippen LogP contribution in [0, 0.1) is 5.92 Å². The lowest BCUT2D eigenvalue weighted by atomic mass is 9.91. The number of unbranched alkanes of at least 4 members (excludes halogenated alkanes) is 2. The number of benzene rings is 1. The summed E-state index contributed by atoms with van der Waals surface area (Å²) in [4.78, 5) is 26.4. The summed E-state index contributed by atoms with van der Waals surface area (Å²) < 4.78 is 28.6.